The normalized spacial score (nSPS) is 20.1. The molecule has 4 nitrogen and oxygen atoms in total. The van der Waals surface area contributed by atoms with Crippen molar-refractivity contribution in [1.82, 2.24) is 4.72 Å². The zero-order chi connectivity index (χ0) is 12.9. The van der Waals surface area contributed by atoms with Gasteiger partial charge in [0.1, 0.15) is 5.75 Å². The maximum atomic E-state index is 11.8. The Balaban J connectivity index is 2.59. The molecular weight excluding hydrogens is 256 g/mol. The van der Waals surface area contributed by atoms with Crippen LogP contribution in [0, 0.1) is 5.92 Å². The van der Waals surface area contributed by atoms with Crippen LogP contribution < -0.4 is 10.5 Å². The van der Waals surface area contributed by atoms with E-state index in [2.05, 4.69) is 16.9 Å². The summed E-state index contributed by atoms with van der Waals surface area (Å²) in [5, 5.41) is 0. The maximum absolute atomic E-state index is 11.8. The zero-order valence-electron chi connectivity index (χ0n) is 10.3. The Morgan fingerprint density at radius 1 is 1.41 bits per heavy atom. The molecule has 1 fully saturated rings. The fourth-order valence-electron chi connectivity index (χ4n) is 2.51. The fraction of sp³-hybridized carbons (Fsp3) is 0.909. The predicted octanol–water partition coefficient (Wildman–Crippen LogP) is 1.55. The number of thiocarbonyl (C=S) groups is 1. The van der Waals surface area contributed by atoms with E-state index in [1.165, 1.54) is 19.3 Å². The molecule has 0 spiro atoms. The zero-order valence-corrected chi connectivity index (χ0v) is 11.9. The van der Waals surface area contributed by atoms with Gasteiger partial charge in [-0.25, -0.2) is 13.1 Å². The van der Waals surface area contributed by atoms with Crippen LogP contribution in [0.25, 0.3) is 0 Å². The summed E-state index contributed by atoms with van der Waals surface area (Å²) in [7, 11) is -3.36. The molecule has 100 valence electrons. The van der Waals surface area contributed by atoms with Crippen molar-refractivity contribution in [3.05, 3.63) is 0 Å². The average molecular weight is 278 g/mol. The maximum Gasteiger partial charge on any atom is 0.218 e. The summed E-state index contributed by atoms with van der Waals surface area (Å²) in [5.41, 5.74) is 5.29. The Morgan fingerprint density at radius 2 is 2.00 bits per heavy atom. The smallest absolute Gasteiger partial charge is 0.218 e. The minimum Gasteiger partial charge on any atom is -0.392 e. The van der Waals surface area contributed by atoms with Gasteiger partial charge < -0.3 is 5.73 Å². The van der Waals surface area contributed by atoms with Gasteiger partial charge in [-0.1, -0.05) is 38.4 Å². The van der Waals surface area contributed by atoms with E-state index in [0.29, 0.717) is 5.92 Å². The van der Waals surface area contributed by atoms with Crippen molar-refractivity contribution in [3.63, 3.8) is 0 Å². The number of nitrogens with one attached hydrogen (secondary N) is 1. The Bertz CT molecular complexity index is 348. The third-order valence-electron chi connectivity index (χ3n) is 3.32. The fourth-order valence-corrected chi connectivity index (χ4v) is 4.25. The second-order valence-electron chi connectivity index (χ2n) is 4.76. The SMILES string of the molecule is CCC(NS(=O)(=O)CC(N)=S)C1CCCCC1. The molecule has 3 N–H and O–H groups in total. The van der Waals surface area contributed by atoms with Gasteiger partial charge in [-0.15, -0.1) is 0 Å². The highest BCUT2D eigenvalue weighted by Gasteiger charge is 2.26. The van der Waals surface area contributed by atoms with E-state index in [-0.39, 0.29) is 16.8 Å². The molecule has 0 aromatic heterocycles. The van der Waals surface area contributed by atoms with E-state index in [0.717, 1.165) is 19.3 Å². The van der Waals surface area contributed by atoms with Crippen molar-refractivity contribution in [2.75, 3.05) is 5.75 Å². The molecule has 1 saturated carbocycles. The second kappa shape index (κ2) is 6.66. The molecule has 6 heteroatoms. The van der Waals surface area contributed by atoms with E-state index < -0.39 is 10.0 Å². The first-order valence-corrected chi connectivity index (χ1v) is 8.29. The van der Waals surface area contributed by atoms with Crippen molar-refractivity contribution in [2.24, 2.45) is 11.7 Å². The molecule has 17 heavy (non-hydrogen) atoms. The Labute approximate surface area is 109 Å². The van der Waals surface area contributed by atoms with Crippen molar-refractivity contribution in [2.45, 2.75) is 51.5 Å². The van der Waals surface area contributed by atoms with Gasteiger partial charge in [-0.05, 0) is 25.2 Å². The topological polar surface area (TPSA) is 72.2 Å². The third kappa shape index (κ3) is 5.31. The summed E-state index contributed by atoms with van der Waals surface area (Å²) in [4.78, 5) is 0.0241. The van der Waals surface area contributed by atoms with E-state index in [1.807, 2.05) is 6.92 Å². The predicted molar refractivity (Wildman–Crippen MR) is 74.4 cm³/mol. The molecule has 1 aliphatic carbocycles. The molecule has 0 saturated heterocycles. The number of hydrogen-bond donors (Lipinski definition) is 2. The minimum atomic E-state index is -3.36. The lowest BCUT2D eigenvalue weighted by Gasteiger charge is -2.30. The largest absolute Gasteiger partial charge is 0.392 e. The molecule has 0 amide bonds. The summed E-state index contributed by atoms with van der Waals surface area (Å²) in [5.74, 6) is 0.223. The van der Waals surface area contributed by atoms with Gasteiger partial charge in [0.15, 0.2) is 0 Å². The lowest BCUT2D eigenvalue weighted by Crippen LogP contribution is -2.43. The lowest BCUT2D eigenvalue weighted by molar-refractivity contribution is 0.285. The standard InChI is InChI=1S/C11H22N2O2S2/c1-2-10(9-6-4-3-5-7-9)13-17(14,15)8-11(12)16/h9-10,13H,2-8H2,1H3,(H2,12,16). The van der Waals surface area contributed by atoms with Gasteiger partial charge in [0.2, 0.25) is 10.0 Å². The monoisotopic (exact) mass is 278 g/mol. The highest BCUT2D eigenvalue weighted by molar-refractivity contribution is 7.92. The molecule has 0 radical (unpaired) electrons. The third-order valence-corrected chi connectivity index (χ3v) is 5.00. The molecule has 0 bridgehead atoms. The van der Waals surface area contributed by atoms with Crippen molar-refractivity contribution >= 4 is 27.2 Å². The van der Waals surface area contributed by atoms with Gasteiger partial charge in [0.05, 0.1) is 4.99 Å². The summed E-state index contributed by atoms with van der Waals surface area (Å²) in [6, 6.07) is 0.0367. The Hall–Kier alpha value is -0.200. The quantitative estimate of drug-likeness (QED) is 0.723. The van der Waals surface area contributed by atoms with Crippen LogP contribution in [0.3, 0.4) is 0 Å². The van der Waals surface area contributed by atoms with E-state index in [9.17, 15) is 8.42 Å². The van der Waals surface area contributed by atoms with Gasteiger partial charge >= 0.3 is 0 Å². The second-order valence-corrected chi connectivity index (χ2v) is 7.03. The van der Waals surface area contributed by atoms with Crippen LogP contribution in [0.15, 0.2) is 0 Å². The van der Waals surface area contributed by atoms with Crippen LogP contribution in [0.4, 0.5) is 0 Å². The van der Waals surface area contributed by atoms with Crippen molar-refractivity contribution in [3.8, 4) is 0 Å². The van der Waals surface area contributed by atoms with Crippen LogP contribution in [0.2, 0.25) is 0 Å². The number of nitrogens with two attached hydrogens (primary N) is 1. The summed E-state index contributed by atoms with van der Waals surface area (Å²) >= 11 is 4.65. The molecule has 0 aromatic carbocycles. The molecule has 1 rings (SSSR count). The summed E-state index contributed by atoms with van der Waals surface area (Å²) < 4.78 is 26.3. The summed E-state index contributed by atoms with van der Waals surface area (Å²) in [6.07, 6.45) is 6.74. The number of hydrogen-bond acceptors (Lipinski definition) is 3. The Morgan fingerprint density at radius 3 is 2.47 bits per heavy atom. The summed E-state index contributed by atoms with van der Waals surface area (Å²) in [6.45, 7) is 2.02. The van der Waals surface area contributed by atoms with E-state index in [4.69, 9.17) is 5.73 Å². The van der Waals surface area contributed by atoms with Gasteiger partial charge in [0.25, 0.3) is 0 Å². The first-order chi connectivity index (χ1) is 7.94. The first kappa shape index (κ1) is 14.9. The van der Waals surface area contributed by atoms with Crippen molar-refractivity contribution < 1.29 is 8.42 Å². The Kier molecular flexibility index (Phi) is 5.82. The molecule has 1 aliphatic rings. The molecule has 0 heterocycles. The first-order valence-electron chi connectivity index (χ1n) is 6.23. The van der Waals surface area contributed by atoms with Gasteiger partial charge in [-0.2, -0.15) is 0 Å². The van der Waals surface area contributed by atoms with Crippen LogP contribution in [0.1, 0.15) is 45.4 Å². The van der Waals surface area contributed by atoms with Crippen LogP contribution >= 0.6 is 12.2 Å². The molecule has 0 aliphatic heterocycles. The van der Waals surface area contributed by atoms with Gasteiger partial charge in [0, 0.05) is 6.04 Å². The van der Waals surface area contributed by atoms with Crippen molar-refractivity contribution in [1.29, 1.82) is 0 Å². The lowest BCUT2D eigenvalue weighted by atomic mass is 9.83. The molecule has 1 unspecified atom stereocenters. The highest BCUT2D eigenvalue weighted by Crippen LogP contribution is 2.28. The number of sulfonamides is 1. The highest BCUT2D eigenvalue weighted by atomic mass is 32.2. The van der Waals surface area contributed by atoms with E-state index in [1.54, 1.807) is 0 Å². The minimum absolute atomic E-state index is 0.0241. The van der Waals surface area contributed by atoms with Crippen LogP contribution in [-0.2, 0) is 10.0 Å². The van der Waals surface area contributed by atoms with E-state index >= 15 is 0 Å². The molecule has 0 aromatic rings. The van der Waals surface area contributed by atoms with Crippen LogP contribution in [-0.4, -0.2) is 25.2 Å². The van der Waals surface area contributed by atoms with Crippen LogP contribution in [0.5, 0.6) is 0 Å². The van der Waals surface area contributed by atoms with Gasteiger partial charge in [-0.3, -0.25) is 0 Å². The molecule has 1 atom stereocenters. The average Bonchev–Trinajstić information content (AvgIpc) is 2.25. The number of rotatable bonds is 6. The molecular formula is C11H22N2O2S2.